The summed E-state index contributed by atoms with van der Waals surface area (Å²) in [6.07, 6.45) is 8.90. The molecule has 0 radical (unpaired) electrons. The number of aromatic nitrogens is 2. The molecule has 2 aromatic heterocycles. The Morgan fingerprint density at radius 3 is 2.81 bits per heavy atom. The number of aryl methyl sites for hydroxylation is 4. The van der Waals surface area contributed by atoms with Gasteiger partial charge in [-0.05, 0) is 62.0 Å². The Kier molecular flexibility index (Phi) is 6.79. The predicted octanol–water partition coefficient (Wildman–Crippen LogP) is 5.71. The van der Waals surface area contributed by atoms with Gasteiger partial charge in [0.1, 0.15) is 15.7 Å². The molecule has 1 saturated heterocycles. The molecule has 3 heterocycles. The minimum Gasteiger partial charge on any atom is -0.342 e. The molecule has 0 saturated carbocycles. The van der Waals surface area contributed by atoms with Crippen LogP contribution in [-0.2, 0) is 30.5 Å². The van der Waals surface area contributed by atoms with Gasteiger partial charge in [0.05, 0.1) is 5.75 Å². The smallest absolute Gasteiger partial charge is 0.232 e. The lowest BCUT2D eigenvalue weighted by molar-refractivity contribution is -0.130. The maximum atomic E-state index is 12.9. The van der Waals surface area contributed by atoms with E-state index in [1.54, 1.807) is 11.8 Å². The van der Waals surface area contributed by atoms with E-state index >= 15 is 0 Å². The Morgan fingerprint density at radius 2 is 1.97 bits per heavy atom. The van der Waals surface area contributed by atoms with Gasteiger partial charge in [-0.1, -0.05) is 49.0 Å². The Morgan fingerprint density at radius 1 is 1.12 bits per heavy atom. The van der Waals surface area contributed by atoms with Gasteiger partial charge in [-0.3, -0.25) is 4.79 Å². The van der Waals surface area contributed by atoms with E-state index in [0.29, 0.717) is 11.7 Å². The third kappa shape index (κ3) is 4.86. The molecule has 6 heteroatoms. The van der Waals surface area contributed by atoms with Crippen LogP contribution in [0.4, 0.5) is 0 Å². The summed E-state index contributed by atoms with van der Waals surface area (Å²) in [6.45, 7) is 4.05. The number of carbonyl (C=O) groups is 1. The minimum atomic E-state index is 0.253. The first-order valence-electron chi connectivity index (χ1n) is 11.9. The average molecular weight is 466 g/mol. The van der Waals surface area contributed by atoms with Crippen LogP contribution in [0.3, 0.4) is 0 Å². The zero-order valence-corrected chi connectivity index (χ0v) is 20.4. The fourth-order valence-corrected chi connectivity index (χ4v) is 7.24. The van der Waals surface area contributed by atoms with Crippen molar-refractivity contribution in [3.05, 3.63) is 52.2 Å². The summed E-state index contributed by atoms with van der Waals surface area (Å²) in [7, 11) is 0. The number of amides is 1. The van der Waals surface area contributed by atoms with Crippen molar-refractivity contribution in [3.8, 4) is 0 Å². The molecular formula is C26H31N3OS2. The van der Waals surface area contributed by atoms with Crippen molar-refractivity contribution >= 4 is 39.2 Å². The number of carbonyl (C=O) groups excluding carboxylic acids is 1. The largest absolute Gasteiger partial charge is 0.342 e. The summed E-state index contributed by atoms with van der Waals surface area (Å²) in [5, 5.41) is 2.26. The fourth-order valence-electron chi connectivity index (χ4n) is 4.92. The van der Waals surface area contributed by atoms with Crippen LogP contribution in [0.15, 0.2) is 35.4 Å². The van der Waals surface area contributed by atoms with Gasteiger partial charge in [-0.25, -0.2) is 9.97 Å². The summed E-state index contributed by atoms with van der Waals surface area (Å²) in [6, 6.07) is 10.5. The summed E-state index contributed by atoms with van der Waals surface area (Å²) < 4.78 is 0. The lowest BCUT2D eigenvalue weighted by atomic mass is 9.97. The van der Waals surface area contributed by atoms with Gasteiger partial charge in [0.25, 0.3) is 0 Å². The van der Waals surface area contributed by atoms with Crippen LogP contribution in [0, 0.1) is 5.92 Å². The monoisotopic (exact) mass is 465 g/mol. The molecular weight excluding hydrogens is 434 g/mol. The van der Waals surface area contributed by atoms with E-state index in [1.165, 1.54) is 40.7 Å². The van der Waals surface area contributed by atoms with Crippen LogP contribution in [0.25, 0.3) is 10.2 Å². The molecule has 2 aliphatic rings. The van der Waals surface area contributed by atoms with Crippen molar-refractivity contribution in [2.24, 2.45) is 5.92 Å². The lowest BCUT2D eigenvalue weighted by Gasteiger charge is -2.30. The summed E-state index contributed by atoms with van der Waals surface area (Å²) in [5.41, 5.74) is 2.76. The van der Waals surface area contributed by atoms with Crippen LogP contribution >= 0.6 is 23.1 Å². The maximum absolute atomic E-state index is 12.9. The van der Waals surface area contributed by atoms with Gasteiger partial charge < -0.3 is 4.90 Å². The Labute approximate surface area is 198 Å². The maximum Gasteiger partial charge on any atom is 0.232 e. The molecule has 5 rings (SSSR count). The second-order valence-corrected chi connectivity index (χ2v) is 11.2. The van der Waals surface area contributed by atoms with Crippen molar-refractivity contribution < 1.29 is 4.79 Å². The van der Waals surface area contributed by atoms with Crippen LogP contribution in [0.5, 0.6) is 0 Å². The highest BCUT2D eigenvalue weighted by atomic mass is 32.2. The molecule has 0 spiro atoms. The van der Waals surface area contributed by atoms with Gasteiger partial charge >= 0.3 is 0 Å². The SMILES string of the molecule is CC1CCCN(C(=O)CSc2nc(CCc3ccccc3)nc3sc4c(c23)CCCC4)C1. The molecule has 1 fully saturated rings. The zero-order valence-electron chi connectivity index (χ0n) is 18.8. The first kappa shape index (κ1) is 21.9. The topological polar surface area (TPSA) is 46.1 Å². The predicted molar refractivity (Wildman–Crippen MR) is 134 cm³/mol. The molecule has 0 bridgehead atoms. The zero-order chi connectivity index (χ0) is 21.9. The molecule has 4 nitrogen and oxygen atoms in total. The number of thiophene rings is 1. The third-order valence-electron chi connectivity index (χ3n) is 6.65. The van der Waals surface area contributed by atoms with Gasteiger partial charge in [0.2, 0.25) is 5.91 Å². The van der Waals surface area contributed by atoms with Crippen molar-refractivity contribution in [2.45, 2.75) is 63.3 Å². The number of fused-ring (bicyclic) bond motifs is 3. The molecule has 1 atom stereocenters. The van der Waals surface area contributed by atoms with E-state index in [2.05, 4.69) is 42.2 Å². The van der Waals surface area contributed by atoms with Crippen LogP contribution in [0.1, 0.15) is 54.4 Å². The highest BCUT2D eigenvalue weighted by Gasteiger charge is 2.24. The molecule has 1 amide bonds. The average Bonchev–Trinajstić information content (AvgIpc) is 3.20. The van der Waals surface area contributed by atoms with E-state index in [4.69, 9.17) is 9.97 Å². The van der Waals surface area contributed by atoms with Gasteiger partial charge in [-0.15, -0.1) is 11.3 Å². The second kappa shape index (κ2) is 9.92. The van der Waals surface area contributed by atoms with Crippen LogP contribution in [-0.4, -0.2) is 39.6 Å². The standard InChI is InChI=1S/C26H31N3OS2/c1-18-8-7-15-29(16-18)23(30)17-31-25-24-20-11-5-6-12-21(20)32-26(24)28-22(27-25)14-13-19-9-3-2-4-10-19/h2-4,9-10,18H,5-8,11-17H2,1H3. The Balaban J connectivity index is 1.39. The third-order valence-corrected chi connectivity index (χ3v) is 8.80. The quantitative estimate of drug-likeness (QED) is 0.346. The first-order chi connectivity index (χ1) is 15.7. The number of piperidine rings is 1. The molecule has 0 N–H and O–H groups in total. The van der Waals surface area contributed by atoms with E-state index in [9.17, 15) is 4.79 Å². The number of rotatable bonds is 6. The summed E-state index contributed by atoms with van der Waals surface area (Å²) in [5.74, 6) is 2.24. The summed E-state index contributed by atoms with van der Waals surface area (Å²) in [4.78, 5) is 27.6. The normalized spacial score (nSPS) is 18.7. The van der Waals surface area contributed by atoms with E-state index in [-0.39, 0.29) is 5.91 Å². The molecule has 1 unspecified atom stereocenters. The molecule has 1 aliphatic heterocycles. The minimum absolute atomic E-state index is 0.253. The number of likely N-dealkylation sites (tertiary alicyclic amines) is 1. The highest BCUT2D eigenvalue weighted by molar-refractivity contribution is 8.00. The number of benzene rings is 1. The van der Waals surface area contributed by atoms with E-state index in [0.717, 1.165) is 60.9 Å². The highest BCUT2D eigenvalue weighted by Crippen LogP contribution is 2.40. The molecule has 168 valence electrons. The molecule has 1 aromatic carbocycles. The first-order valence-corrected chi connectivity index (χ1v) is 13.7. The van der Waals surface area contributed by atoms with Crippen molar-refractivity contribution in [2.75, 3.05) is 18.8 Å². The molecule has 3 aromatic rings. The van der Waals surface area contributed by atoms with Crippen molar-refractivity contribution in [1.82, 2.24) is 14.9 Å². The number of hydrogen-bond acceptors (Lipinski definition) is 5. The van der Waals surface area contributed by atoms with Crippen LogP contribution < -0.4 is 0 Å². The number of hydrogen-bond donors (Lipinski definition) is 0. The molecule has 1 aliphatic carbocycles. The Bertz CT molecular complexity index is 1100. The Hall–Kier alpha value is -1.92. The number of thioether (sulfide) groups is 1. The van der Waals surface area contributed by atoms with Gasteiger partial charge in [-0.2, -0.15) is 0 Å². The van der Waals surface area contributed by atoms with Gasteiger partial charge in [0, 0.05) is 29.8 Å². The molecule has 32 heavy (non-hydrogen) atoms. The number of nitrogens with zero attached hydrogens (tertiary/aromatic N) is 3. The summed E-state index contributed by atoms with van der Waals surface area (Å²) >= 11 is 3.48. The van der Waals surface area contributed by atoms with Crippen molar-refractivity contribution in [3.63, 3.8) is 0 Å². The van der Waals surface area contributed by atoms with Gasteiger partial charge in [0.15, 0.2) is 0 Å². The second-order valence-electron chi connectivity index (χ2n) is 9.20. The fraction of sp³-hybridized carbons (Fsp3) is 0.500. The van der Waals surface area contributed by atoms with Crippen molar-refractivity contribution in [1.29, 1.82) is 0 Å². The van der Waals surface area contributed by atoms with E-state index in [1.807, 2.05) is 11.3 Å². The lowest BCUT2D eigenvalue weighted by Crippen LogP contribution is -2.40. The van der Waals surface area contributed by atoms with E-state index < -0.39 is 0 Å². The van der Waals surface area contributed by atoms with Crippen LogP contribution in [0.2, 0.25) is 0 Å².